The van der Waals surface area contributed by atoms with Crippen molar-refractivity contribution >= 4 is 22.6 Å². The molecule has 3 rings (SSSR count). The van der Waals surface area contributed by atoms with Gasteiger partial charge in [-0.25, -0.2) is 4.79 Å². The molecule has 0 N–H and O–H groups in total. The molecule has 0 fully saturated rings. The van der Waals surface area contributed by atoms with Gasteiger partial charge in [-0.15, -0.1) is 0 Å². The number of hydrogen-bond acceptors (Lipinski definition) is 3. The van der Waals surface area contributed by atoms with Crippen molar-refractivity contribution in [1.29, 1.82) is 0 Å². The SMILES string of the molecule is CCOc1ccc(-c2cc(=O)oc3ccc(Cl)cc23)cc1. The Kier molecular flexibility index (Phi) is 3.67. The largest absolute Gasteiger partial charge is 0.494 e. The van der Waals surface area contributed by atoms with Gasteiger partial charge >= 0.3 is 5.63 Å². The van der Waals surface area contributed by atoms with E-state index in [2.05, 4.69) is 0 Å². The molecule has 3 aromatic rings. The van der Waals surface area contributed by atoms with Crippen molar-refractivity contribution in [1.82, 2.24) is 0 Å². The summed E-state index contributed by atoms with van der Waals surface area (Å²) in [5, 5.41) is 1.41. The van der Waals surface area contributed by atoms with Crippen molar-refractivity contribution in [2.45, 2.75) is 6.92 Å². The molecule has 3 nitrogen and oxygen atoms in total. The first-order chi connectivity index (χ1) is 10.2. The molecule has 0 aliphatic carbocycles. The summed E-state index contributed by atoms with van der Waals surface area (Å²) in [4.78, 5) is 11.7. The van der Waals surface area contributed by atoms with Crippen molar-refractivity contribution in [2.24, 2.45) is 0 Å². The first kappa shape index (κ1) is 13.7. The molecular weight excluding hydrogens is 288 g/mol. The van der Waals surface area contributed by atoms with Crippen LogP contribution in [0.5, 0.6) is 5.75 Å². The van der Waals surface area contributed by atoms with E-state index in [4.69, 9.17) is 20.8 Å². The Bertz CT molecular complexity index is 835. The highest BCUT2D eigenvalue weighted by Gasteiger charge is 2.08. The van der Waals surface area contributed by atoms with Crippen LogP contribution in [0.3, 0.4) is 0 Å². The smallest absolute Gasteiger partial charge is 0.336 e. The Morgan fingerprint density at radius 3 is 2.57 bits per heavy atom. The molecule has 0 saturated carbocycles. The van der Waals surface area contributed by atoms with Crippen molar-refractivity contribution in [2.75, 3.05) is 6.61 Å². The lowest BCUT2D eigenvalue weighted by Crippen LogP contribution is -1.98. The van der Waals surface area contributed by atoms with Crippen LogP contribution in [0.4, 0.5) is 0 Å². The Labute approximate surface area is 126 Å². The van der Waals surface area contributed by atoms with Gasteiger partial charge in [0.05, 0.1) is 6.61 Å². The molecule has 106 valence electrons. The fourth-order valence-electron chi connectivity index (χ4n) is 2.27. The summed E-state index contributed by atoms with van der Waals surface area (Å²) in [5.74, 6) is 0.798. The third-order valence-electron chi connectivity index (χ3n) is 3.18. The minimum absolute atomic E-state index is 0.381. The number of hydrogen-bond donors (Lipinski definition) is 0. The van der Waals surface area contributed by atoms with Gasteiger partial charge in [0.25, 0.3) is 0 Å². The maximum absolute atomic E-state index is 11.7. The molecule has 0 spiro atoms. The summed E-state index contributed by atoms with van der Waals surface area (Å²) in [6, 6.07) is 14.3. The van der Waals surface area contributed by atoms with Crippen LogP contribution in [-0.2, 0) is 0 Å². The maximum Gasteiger partial charge on any atom is 0.336 e. The van der Waals surface area contributed by atoms with Crippen LogP contribution in [0, 0.1) is 0 Å². The second-order valence-corrected chi connectivity index (χ2v) is 5.01. The third-order valence-corrected chi connectivity index (χ3v) is 3.42. The van der Waals surface area contributed by atoms with E-state index in [0.29, 0.717) is 17.2 Å². The average molecular weight is 301 g/mol. The van der Waals surface area contributed by atoms with Crippen LogP contribution in [-0.4, -0.2) is 6.61 Å². The molecular formula is C17H13ClO3. The van der Waals surface area contributed by atoms with Gasteiger partial charge in [-0.3, -0.25) is 0 Å². The highest BCUT2D eigenvalue weighted by Crippen LogP contribution is 2.30. The predicted octanol–water partition coefficient (Wildman–Crippen LogP) is 4.51. The lowest BCUT2D eigenvalue weighted by Gasteiger charge is -2.08. The maximum atomic E-state index is 11.7. The minimum atomic E-state index is -0.381. The monoisotopic (exact) mass is 300 g/mol. The first-order valence-corrected chi connectivity index (χ1v) is 7.02. The zero-order valence-electron chi connectivity index (χ0n) is 11.4. The van der Waals surface area contributed by atoms with Gasteiger partial charge in [0.15, 0.2) is 0 Å². The van der Waals surface area contributed by atoms with Gasteiger partial charge in [-0.1, -0.05) is 23.7 Å². The Hall–Kier alpha value is -2.26. The summed E-state index contributed by atoms with van der Waals surface area (Å²) in [6.45, 7) is 2.55. The second-order valence-electron chi connectivity index (χ2n) is 4.58. The molecule has 0 radical (unpaired) electrons. The highest BCUT2D eigenvalue weighted by atomic mass is 35.5. The van der Waals surface area contributed by atoms with Gasteiger partial charge < -0.3 is 9.15 Å². The molecule has 2 aromatic carbocycles. The van der Waals surface area contributed by atoms with E-state index in [1.54, 1.807) is 18.2 Å². The molecule has 4 heteroatoms. The van der Waals surface area contributed by atoms with Gasteiger partial charge in [-0.05, 0) is 48.4 Å². The molecule has 1 heterocycles. The van der Waals surface area contributed by atoms with Crippen LogP contribution < -0.4 is 10.4 Å². The molecule has 0 saturated heterocycles. The Balaban J connectivity index is 2.18. The fraction of sp³-hybridized carbons (Fsp3) is 0.118. The fourth-order valence-corrected chi connectivity index (χ4v) is 2.44. The molecule has 0 aliphatic heterocycles. The van der Waals surface area contributed by atoms with Gasteiger partial charge in [0.2, 0.25) is 0 Å². The van der Waals surface area contributed by atoms with Crippen LogP contribution in [0.2, 0.25) is 5.02 Å². The Morgan fingerprint density at radius 1 is 1.10 bits per heavy atom. The van der Waals surface area contributed by atoms with E-state index >= 15 is 0 Å². The standard InChI is InChI=1S/C17H13ClO3/c1-2-20-13-6-3-11(4-7-13)14-10-17(19)21-16-8-5-12(18)9-15(14)16/h3-10H,2H2,1H3. The summed E-state index contributed by atoms with van der Waals surface area (Å²) in [6.07, 6.45) is 0. The van der Waals surface area contributed by atoms with E-state index in [1.807, 2.05) is 31.2 Å². The van der Waals surface area contributed by atoms with Crippen LogP contribution in [0.25, 0.3) is 22.1 Å². The van der Waals surface area contributed by atoms with Crippen molar-refractivity contribution in [3.8, 4) is 16.9 Å². The second kappa shape index (κ2) is 5.62. The van der Waals surface area contributed by atoms with E-state index < -0.39 is 0 Å². The van der Waals surface area contributed by atoms with Crippen molar-refractivity contribution in [3.05, 3.63) is 64.0 Å². The summed E-state index contributed by atoms with van der Waals surface area (Å²) < 4.78 is 10.6. The van der Waals surface area contributed by atoms with Gasteiger partial charge in [-0.2, -0.15) is 0 Å². The predicted molar refractivity (Wildman–Crippen MR) is 84.1 cm³/mol. The van der Waals surface area contributed by atoms with Crippen molar-refractivity contribution < 1.29 is 9.15 Å². The van der Waals surface area contributed by atoms with Gasteiger partial charge in [0.1, 0.15) is 11.3 Å². The molecule has 0 aliphatic rings. The number of rotatable bonds is 3. The lowest BCUT2D eigenvalue weighted by atomic mass is 10.0. The number of halogens is 1. The summed E-state index contributed by atoms with van der Waals surface area (Å²) >= 11 is 6.04. The highest BCUT2D eigenvalue weighted by molar-refractivity contribution is 6.31. The molecule has 0 atom stereocenters. The van der Waals surface area contributed by atoms with Gasteiger partial charge in [0, 0.05) is 16.5 Å². The number of fused-ring (bicyclic) bond motifs is 1. The Morgan fingerprint density at radius 2 is 1.86 bits per heavy atom. The third kappa shape index (κ3) is 2.78. The summed E-state index contributed by atoms with van der Waals surface area (Å²) in [7, 11) is 0. The normalized spacial score (nSPS) is 10.8. The van der Waals surface area contributed by atoms with Crippen LogP contribution in [0.15, 0.2) is 57.7 Å². The molecule has 1 aromatic heterocycles. The van der Waals surface area contributed by atoms with E-state index in [9.17, 15) is 4.79 Å². The lowest BCUT2D eigenvalue weighted by molar-refractivity contribution is 0.340. The molecule has 0 amide bonds. The molecule has 21 heavy (non-hydrogen) atoms. The van der Waals surface area contributed by atoms with Crippen LogP contribution in [0.1, 0.15) is 6.92 Å². The quantitative estimate of drug-likeness (QED) is 0.668. The zero-order chi connectivity index (χ0) is 14.8. The first-order valence-electron chi connectivity index (χ1n) is 6.64. The minimum Gasteiger partial charge on any atom is -0.494 e. The zero-order valence-corrected chi connectivity index (χ0v) is 12.2. The van der Waals surface area contributed by atoms with Crippen molar-refractivity contribution in [3.63, 3.8) is 0 Å². The topological polar surface area (TPSA) is 39.4 Å². The summed E-state index contributed by atoms with van der Waals surface area (Å²) in [5.41, 5.74) is 1.86. The average Bonchev–Trinajstić information content (AvgIpc) is 2.48. The van der Waals surface area contributed by atoms with E-state index in [1.165, 1.54) is 6.07 Å². The van der Waals surface area contributed by atoms with E-state index in [0.717, 1.165) is 22.3 Å². The molecule has 0 unspecified atom stereocenters. The van der Waals surface area contributed by atoms with Crippen LogP contribution >= 0.6 is 11.6 Å². The number of ether oxygens (including phenoxy) is 1. The number of benzene rings is 2. The van der Waals surface area contributed by atoms with E-state index in [-0.39, 0.29) is 5.63 Å². The molecule has 0 bridgehead atoms.